The highest BCUT2D eigenvalue weighted by atomic mass is 19.1. The molecule has 2 unspecified atom stereocenters. The molecule has 0 bridgehead atoms. The summed E-state index contributed by atoms with van der Waals surface area (Å²) >= 11 is 0. The topological polar surface area (TPSA) is 47.3 Å². The van der Waals surface area contributed by atoms with E-state index in [2.05, 4.69) is 12.2 Å². The number of hydrogen-bond donors (Lipinski definition) is 2. The van der Waals surface area contributed by atoms with E-state index in [0.29, 0.717) is 17.7 Å². The zero-order valence-corrected chi connectivity index (χ0v) is 10.1. The zero-order chi connectivity index (χ0) is 12.3. The number of nitrogens with one attached hydrogen (secondary N) is 1. The van der Waals surface area contributed by atoms with Crippen molar-refractivity contribution in [2.24, 2.45) is 5.92 Å². The van der Waals surface area contributed by atoms with Crippen LogP contribution in [0.25, 0.3) is 0 Å². The van der Waals surface area contributed by atoms with Crippen LogP contribution in [0.5, 0.6) is 0 Å². The van der Waals surface area contributed by atoms with Crippen molar-refractivity contribution in [1.29, 1.82) is 0 Å². The fourth-order valence-corrected chi connectivity index (χ4v) is 2.31. The lowest BCUT2D eigenvalue weighted by atomic mass is 9.99. The third-order valence-electron chi connectivity index (χ3n) is 3.32. The lowest BCUT2D eigenvalue weighted by molar-refractivity contribution is 0.0900. The fraction of sp³-hybridized carbons (Fsp3) is 0.538. The smallest absolute Gasteiger partial charge is 0.125 e. The summed E-state index contributed by atoms with van der Waals surface area (Å²) in [7, 11) is 0. The molecule has 1 aromatic carbocycles. The number of rotatable bonds is 4. The van der Waals surface area contributed by atoms with Crippen LogP contribution in [0.4, 0.5) is 15.8 Å². The summed E-state index contributed by atoms with van der Waals surface area (Å²) in [5.41, 5.74) is 6.99. The van der Waals surface area contributed by atoms with Crippen molar-refractivity contribution in [3.63, 3.8) is 0 Å². The maximum Gasteiger partial charge on any atom is 0.125 e. The first-order chi connectivity index (χ1) is 8.20. The molecule has 0 aliphatic carbocycles. The quantitative estimate of drug-likeness (QED) is 0.793. The Kier molecular flexibility index (Phi) is 3.84. The van der Waals surface area contributed by atoms with E-state index in [-0.39, 0.29) is 5.82 Å². The maximum absolute atomic E-state index is 12.9. The van der Waals surface area contributed by atoms with Crippen molar-refractivity contribution in [1.82, 2.24) is 0 Å². The number of benzene rings is 1. The molecular formula is C13H19FN2O. The van der Waals surface area contributed by atoms with Crippen molar-refractivity contribution in [2.75, 3.05) is 24.2 Å². The summed E-state index contributed by atoms with van der Waals surface area (Å²) in [6, 6.07) is 4.44. The molecule has 2 rings (SSSR count). The van der Waals surface area contributed by atoms with Crippen LogP contribution in [0.1, 0.15) is 19.8 Å². The van der Waals surface area contributed by atoms with Crippen molar-refractivity contribution in [3.8, 4) is 0 Å². The van der Waals surface area contributed by atoms with Gasteiger partial charge in [0.25, 0.3) is 0 Å². The Morgan fingerprint density at radius 3 is 3.06 bits per heavy atom. The molecule has 94 valence electrons. The van der Waals surface area contributed by atoms with Gasteiger partial charge < -0.3 is 15.8 Å². The van der Waals surface area contributed by atoms with Gasteiger partial charge in [-0.05, 0) is 31.0 Å². The Hall–Kier alpha value is -1.29. The first kappa shape index (κ1) is 12.2. The predicted molar refractivity (Wildman–Crippen MR) is 67.4 cm³/mol. The minimum Gasteiger partial charge on any atom is -0.397 e. The van der Waals surface area contributed by atoms with Crippen LogP contribution in [0.15, 0.2) is 18.2 Å². The summed E-state index contributed by atoms with van der Waals surface area (Å²) in [4.78, 5) is 0. The molecule has 0 spiro atoms. The second kappa shape index (κ2) is 5.36. The molecule has 1 aliphatic heterocycles. The summed E-state index contributed by atoms with van der Waals surface area (Å²) in [5.74, 6) is 0.216. The molecule has 0 amide bonds. The third-order valence-corrected chi connectivity index (χ3v) is 3.32. The van der Waals surface area contributed by atoms with Gasteiger partial charge in [0.1, 0.15) is 5.82 Å². The van der Waals surface area contributed by atoms with E-state index in [1.54, 1.807) is 6.07 Å². The number of ether oxygens (including phenoxy) is 1. The molecular weight excluding hydrogens is 219 g/mol. The first-order valence-corrected chi connectivity index (χ1v) is 6.11. The Bertz CT molecular complexity index is 384. The summed E-state index contributed by atoms with van der Waals surface area (Å²) in [5, 5.41) is 3.27. The molecule has 2 atom stereocenters. The van der Waals surface area contributed by atoms with E-state index >= 15 is 0 Å². The number of halogens is 1. The Morgan fingerprint density at radius 1 is 1.53 bits per heavy atom. The minimum absolute atomic E-state index is 0.302. The number of nitrogens with two attached hydrogens (primary N) is 1. The zero-order valence-electron chi connectivity index (χ0n) is 10.1. The van der Waals surface area contributed by atoms with Crippen molar-refractivity contribution in [3.05, 3.63) is 24.0 Å². The molecule has 0 radical (unpaired) electrons. The van der Waals surface area contributed by atoms with Crippen LogP contribution in [0, 0.1) is 11.7 Å². The van der Waals surface area contributed by atoms with Gasteiger partial charge in [0.05, 0.1) is 17.5 Å². The van der Waals surface area contributed by atoms with Gasteiger partial charge in [0.2, 0.25) is 0 Å². The third kappa shape index (κ3) is 2.88. The van der Waals surface area contributed by atoms with Crippen LogP contribution < -0.4 is 11.1 Å². The average molecular weight is 238 g/mol. The fourth-order valence-electron chi connectivity index (χ4n) is 2.31. The van der Waals surface area contributed by atoms with E-state index in [4.69, 9.17) is 10.5 Å². The van der Waals surface area contributed by atoms with Gasteiger partial charge in [-0.2, -0.15) is 0 Å². The minimum atomic E-state index is -0.302. The van der Waals surface area contributed by atoms with E-state index in [0.717, 1.165) is 31.7 Å². The SMILES string of the molecule is CCC1OCCC1CNc1ccc(F)cc1N. The Balaban J connectivity index is 1.93. The highest BCUT2D eigenvalue weighted by Crippen LogP contribution is 2.25. The standard InChI is InChI=1S/C13H19FN2O/c1-2-13-9(5-6-17-13)8-16-12-4-3-10(14)7-11(12)15/h3-4,7,9,13,16H,2,5-6,8,15H2,1H3. The predicted octanol–water partition coefficient (Wildman–Crippen LogP) is 2.63. The highest BCUT2D eigenvalue weighted by molar-refractivity contribution is 5.65. The van der Waals surface area contributed by atoms with Gasteiger partial charge in [-0.1, -0.05) is 6.92 Å². The van der Waals surface area contributed by atoms with Gasteiger partial charge in [0.15, 0.2) is 0 Å². The molecule has 0 aromatic heterocycles. The van der Waals surface area contributed by atoms with Crippen LogP contribution >= 0.6 is 0 Å². The second-order valence-electron chi connectivity index (χ2n) is 4.48. The van der Waals surface area contributed by atoms with Gasteiger partial charge in [-0.25, -0.2) is 4.39 Å². The van der Waals surface area contributed by atoms with Gasteiger partial charge >= 0.3 is 0 Å². The summed E-state index contributed by atoms with van der Waals surface area (Å²) in [6.07, 6.45) is 2.45. The summed E-state index contributed by atoms with van der Waals surface area (Å²) in [6.45, 7) is 3.80. The van der Waals surface area contributed by atoms with Gasteiger partial charge in [0, 0.05) is 19.1 Å². The molecule has 3 nitrogen and oxygen atoms in total. The monoisotopic (exact) mass is 238 g/mol. The van der Waals surface area contributed by atoms with Crippen LogP contribution in [0.3, 0.4) is 0 Å². The lowest BCUT2D eigenvalue weighted by Gasteiger charge is -2.18. The van der Waals surface area contributed by atoms with Crippen LogP contribution in [-0.2, 0) is 4.74 Å². The Morgan fingerprint density at radius 2 is 2.35 bits per heavy atom. The molecule has 1 aromatic rings. The molecule has 1 saturated heterocycles. The largest absolute Gasteiger partial charge is 0.397 e. The van der Waals surface area contributed by atoms with E-state index in [9.17, 15) is 4.39 Å². The second-order valence-corrected chi connectivity index (χ2v) is 4.48. The highest BCUT2D eigenvalue weighted by Gasteiger charge is 2.26. The lowest BCUT2D eigenvalue weighted by Crippen LogP contribution is -2.23. The molecule has 1 aliphatic rings. The molecule has 0 saturated carbocycles. The van der Waals surface area contributed by atoms with E-state index in [1.807, 2.05) is 0 Å². The van der Waals surface area contributed by atoms with Gasteiger partial charge in [-0.3, -0.25) is 0 Å². The molecule has 1 heterocycles. The number of anilines is 2. The number of nitrogen functional groups attached to an aromatic ring is 1. The maximum atomic E-state index is 12.9. The van der Waals surface area contributed by atoms with Crippen molar-refractivity contribution in [2.45, 2.75) is 25.9 Å². The number of hydrogen-bond acceptors (Lipinski definition) is 3. The molecule has 17 heavy (non-hydrogen) atoms. The van der Waals surface area contributed by atoms with Crippen LogP contribution in [0.2, 0.25) is 0 Å². The molecule has 1 fully saturated rings. The first-order valence-electron chi connectivity index (χ1n) is 6.11. The average Bonchev–Trinajstić information content (AvgIpc) is 2.75. The molecule has 3 N–H and O–H groups in total. The van der Waals surface area contributed by atoms with Gasteiger partial charge in [-0.15, -0.1) is 0 Å². The van der Waals surface area contributed by atoms with Crippen molar-refractivity contribution < 1.29 is 9.13 Å². The normalized spacial score (nSPS) is 23.9. The Labute approximate surface area is 101 Å². The van der Waals surface area contributed by atoms with E-state index in [1.165, 1.54) is 12.1 Å². The van der Waals surface area contributed by atoms with Crippen LogP contribution in [-0.4, -0.2) is 19.3 Å². The van der Waals surface area contributed by atoms with Crippen molar-refractivity contribution >= 4 is 11.4 Å². The molecule has 4 heteroatoms. The van der Waals surface area contributed by atoms with E-state index < -0.39 is 0 Å². The summed E-state index contributed by atoms with van der Waals surface area (Å²) < 4.78 is 18.5.